The summed E-state index contributed by atoms with van der Waals surface area (Å²) in [5.41, 5.74) is 8.79. The minimum atomic E-state index is 0.423. The number of nitrogens with two attached hydrogens (primary N) is 1. The zero-order valence-electron chi connectivity index (χ0n) is 14.0. The maximum absolute atomic E-state index is 7.95. The minimum Gasteiger partial charge on any atom is -0.398 e. The molecule has 0 aliphatic rings. The smallest absolute Gasteiger partial charge is 0.0632 e. The second-order valence-corrected chi connectivity index (χ2v) is 4.22. The van der Waals surface area contributed by atoms with E-state index < -0.39 is 0 Å². The molecule has 2 nitrogen and oxygen atoms in total. The molecule has 0 bridgehead atoms. The van der Waals surface area contributed by atoms with Gasteiger partial charge in [0, 0.05) is 5.70 Å². The molecular weight excluding hydrogens is 280 g/mol. The summed E-state index contributed by atoms with van der Waals surface area (Å²) in [6.07, 6.45) is 4.96. The average molecular weight is 306 g/mol. The van der Waals surface area contributed by atoms with Crippen molar-refractivity contribution < 1.29 is 0 Å². The zero-order valence-corrected chi connectivity index (χ0v) is 14.0. The molecule has 0 amide bonds. The van der Waals surface area contributed by atoms with Crippen LogP contribution in [0.1, 0.15) is 25.0 Å². The molecule has 0 unspecified atom stereocenters. The van der Waals surface area contributed by atoms with Gasteiger partial charge in [-0.25, -0.2) is 0 Å². The summed E-state index contributed by atoms with van der Waals surface area (Å²) in [7, 11) is 0. The van der Waals surface area contributed by atoms with E-state index in [0.29, 0.717) is 11.4 Å². The highest BCUT2D eigenvalue weighted by molar-refractivity contribution is 6.09. The van der Waals surface area contributed by atoms with Gasteiger partial charge in [-0.05, 0) is 17.2 Å². The van der Waals surface area contributed by atoms with E-state index in [0.717, 1.165) is 11.1 Å². The van der Waals surface area contributed by atoms with Crippen LogP contribution in [0.4, 0.5) is 0 Å². The molecule has 120 valence electrons. The van der Waals surface area contributed by atoms with Crippen molar-refractivity contribution in [2.45, 2.75) is 13.8 Å². The van der Waals surface area contributed by atoms with Gasteiger partial charge in [-0.1, -0.05) is 99.8 Å². The fourth-order valence-electron chi connectivity index (χ4n) is 1.57. The van der Waals surface area contributed by atoms with Crippen molar-refractivity contribution in [3.63, 3.8) is 0 Å². The summed E-state index contributed by atoms with van der Waals surface area (Å²) in [5, 5.41) is 7.95. The number of allylic oxidation sites excluding steroid dienone is 3. The normalized spacial score (nSPS) is 9.39. The van der Waals surface area contributed by atoms with Crippen LogP contribution in [0, 0.1) is 5.41 Å². The topological polar surface area (TPSA) is 49.9 Å². The number of nitrogens with one attached hydrogen (secondary N) is 1. The van der Waals surface area contributed by atoms with E-state index in [9.17, 15) is 0 Å². The van der Waals surface area contributed by atoms with Crippen molar-refractivity contribution in [2.75, 3.05) is 0 Å². The SMILES string of the molecule is C=CC=C.CC.N=C(/C=C(\N)c1ccccc1)c1ccccc1. The second kappa shape index (κ2) is 12.8. The monoisotopic (exact) mass is 306 g/mol. The molecule has 3 N–H and O–H groups in total. The molecule has 23 heavy (non-hydrogen) atoms. The van der Waals surface area contributed by atoms with Crippen molar-refractivity contribution in [2.24, 2.45) is 5.73 Å². The third kappa shape index (κ3) is 8.22. The molecule has 2 heteroatoms. The van der Waals surface area contributed by atoms with Gasteiger partial charge < -0.3 is 11.1 Å². The zero-order chi connectivity index (χ0) is 17.5. The summed E-state index contributed by atoms with van der Waals surface area (Å²) >= 11 is 0. The predicted octanol–water partition coefficient (Wildman–Crippen LogP) is 5.44. The third-order valence-electron chi connectivity index (χ3n) is 2.66. The van der Waals surface area contributed by atoms with Gasteiger partial charge in [0.05, 0.1) is 5.71 Å². The molecule has 2 aromatic rings. The van der Waals surface area contributed by atoms with Crippen LogP contribution in [0.5, 0.6) is 0 Å². The second-order valence-electron chi connectivity index (χ2n) is 4.22. The van der Waals surface area contributed by atoms with E-state index in [1.807, 2.05) is 74.5 Å². The Morgan fingerprint density at radius 3 is 1.61 bits per heavy atom. The average Bonchev–Trinajstić information content (AvgIpc) is 2.65. The molecule has 0 fully saturated rings. The van der Waals surface area contributed by atoms with Gasteiger partial charge in [-0.3, -0.25) is 0 Å². The van der Waals surface area contributed by atoms with E-state index in [-0.39, 0.29) is 0 Å². The molecule has 2 rings (SSSR count). The van der Waals surface area contributed by atoms with Gasteiger partial charge in [0.15, 0.2) is 0 Å². The summed E-state index contributed by atoms with van der Waals surface area (Å²) in [5.74, 6) is 0. The van der Waals surface area contributed by atoms with Gasteiger partial charge in [0.1, 0.15) is 0 Å². The van der Waals surface area contributed by atoms with Crippen molar-refractivity contribution in [3.8, 4) is 0 Å². The molecular formula is C21H26N2. The van der Waals surface area contributed by atoms with Gasteiger partial charge >= 0.3 is 0 Å². The molecule has 2 aromatic carbocycles. The molecule has 0 aliphatic heterocycles. The first kappa shape index (κ1) is 20.1. The predicted molar refractivity (Wildman–Crippen MR) is 104 cm³/mol. The molecule has 0 saturated heterocycles. The maximum Gasteiger partial charge on any atom is 0.0632 e. The molecule has 0 aliphatic carbocycles. The fourth-order valence-corrected chi connectivity index (χ4v) is 1.57. The first-order valence-electron chi connectivity index (χ1n) is 7.59. The molecule has 0 saturated carbocycles. The largest absolute Gasteiger partial charge is 0.398 e. The molecule has 0 spiro atoms. The Bertz CT molecular complexity index is 605. The first-order chi connectivity index (χ1) is 11.2. The van der Waals surface area contributed by atoms with Crippen molar-refractivity contribution in [3.05, 3.63) is 103 Å². The third-order valence-corrected chi connectivity index (χ3v) is 2.66. The number of hydrogen-bond acceptors (Lipinski definition) is 2. The molecule has 0 atom stereocenters. The molecule has 0 aromatic heterocycles. The van der Waals surface area contributed by atoms with Crippen molar-refractivity contribution in [1.82, 2.24) is 0 Å². The lowest BCUT2D eigenvalue weighted by molar-refractivity contribution is 1.47. The first-order valence-corrected chi connectivity index (χ1v) is 7.59. The Morgan fingerprint density at radius 1 is 0.826 bits per heavy atom. The Morgan fingerprint density at radius 2 is 1.22 bits per heavy atom. The minimum absolute atomic E-state index is 0.423. The summed E-state index contributed by atoms with van der Waals surface area (Å²) in [6, 6.07) is 19.2. The Balaban J connectivity index is 0.000000705. The quantitative estimate of drug-likeness (QED) is 0.573. The van der Waals surface area contributed by atoms with Crippen LogP contribution in [0.15, 0.2) is 92.0 Å². The standard InChI is InChI=1S/C15H14N2.C4H6.C2H6/c16-14(12-7-3-1-4-8-12)11-15(17)13-9-5-2-6-10-13;1-3-4-2;1-2/h1-11,16H,17H2;3-4H,1-2H2;1-2H3/b15-11-,16-14?;;. The fraction of sp³-hybridized carbons (Fsp3) is 0.0952. The van der Waals surface area contributed by atoms with Crippen molar-refractivity contribution in [1.29, 1.82) is 5.41 Å². The van der Waals surface area contributed by atoms with E-state index >= 15 is 0 Å². The number of benzene rings is 2. The highest BCUT2D eigenvalue weighted by Crippen LogP contribution is 2.10. The van der Waals surface area contributed by atoms with E-state index in [2.05, 4.69) is 13.2 Å². The number of hydrogen-bond donors (Lipinski definition) is 2. The maximum atomic E-state index is 7.95. The van der Waals surface area contributed by atoms with E-state index in [1.54, 1.807) is 18.2 Å². The molecule has 0 heterocycles. The lowest BCUT2D eigenvalue weighted by Gasteiger charge is -2.03. The van der Waals surface area contributed by atoms with Crippen LogP contribution in [0.2, 0.25) is 0 Å². The summed E-state index contributed by atoms with van der Waals surface area (Å²) in [6.45, 7) is 10.7. The molecule has 0 radical (unpaired) electrons. The number of rotatable bonds is 4. The van der Waals surface area contributed by atoms with Gasteiger partial charge in [-0.15, -0.1) is 0 Å². The lowest BCUT2D eigenvalue weighted by Crippen LogP contribution is -2.02. The Labute approximate surface area is 140 Å². The van der Waals surface area contributed by atoms with Gasteiger partial charge in [-0.2, -0.15) is 0 Å². The summed E-state index contributed by atoms with van der Waals surface area (Å²) in [4.78, 5) is 0. The highest BCUT2D eigenvalue weighted by Gasteiger charge is 2.00. The van der Waals surface area contributed by atoms with Crippen LogP contribution in [0.25, 0.3) is 5.70 Å². The van der Waals surface area contributed by atoms with Gasteiger partial charge in [0.2, 0.25) is 0 Å². The van der Waals surface area contributed by atoms with Gasteiger partial charge in [0.25, 0.3) is 0 Å². The van der Waals surface area contributed by atoms with Crippen LogP contribution in [-0.4, -0.2) is 5.71 Å². The van der Waals surface area contributed by atoms with E-state index in [4.69, 9.17) is 11.1 Å². The highest BCUT2D eigenvalue weighted by atomic mass is 14.6. The Hall–Kier alpha value is -2.87. The van der Waals surface area contributed by atoms with Crippen LogP contribution in [-0.2, 0) is 0 Å². The van der Waals surface area contributed by atoms with Crippen LogP contribution in [0.3, 0.4) is 0 Å². The lowest BCUT2D eigenvalue weighted by atomic mass is 10.1. The Kier molecular flexibility index (Phi) is 11.2. The van der Waals surface area contributed by atoms with E-state index in [1.165, 1.54) is 0 Å². The van der Waals surface area contributed by atoms with Crippen LogP contribution < -0.4 is 5.73 Å². The van der Waals surface area contributed by atoms with Crippen LogP contribution >= 0.6 is 0 Å². The summed E-state index contributed by atoms with van der Waals surface area (Å²) < 4.78 is 0. The van der Waals surface area contributed by atoms with Crippen molar-refractivity contribution >= 4 is 11.4 Å².